The molecule has 1 aliphatic carbocycles. The molecule has 1 aromatic carbocycles. The van der Waals surface area contributed by atoms with Gasteiger partial charge in [0.25, 0.3) is 0 Å². The fraction of sp³-hybridized carbons (Fsp3) is 0.467. The molecule has 0 amide bonds. The molecule has 0 radical (unpaired) electrons. The lowest BCUT2D eigenvalue weighted by molar-refractivity contribution is 0.212. The number of terminal acetylenes is 1. The summed E-state index contributed by atoms with van der Waals surface area (Å²) in [5.74, 6) is 3.09. The van der Waals surface area contributed by atoms with Gasteiger partial charge in [-0.05, 0) is 49.1 Å². The average Bonchev–Trinajstić information content (AvgIpc) is 2.35. The van der Waals surface area contributed by atoms with Crippen molar-refractivity contribution in [3.8, 4) is 18.1 Å². The van der Waals surface area contributed by atoms with Crippen molar-refractivity contribution in [3.05, 3.63) is 29.3 Å². The second-order valence-electron chi connectivity index (χ2n) is 4.62. The van der Waals surface area contributed by atoms with E-state index in [9.17, 15) is 5.11 Å². The number of likely N-dealkylation sites (N-methyl/N-ethyl adjacent to an activating group) is 1. The fourth-order valence-electron chi connectivity index (χ4n) is 2.65. The average molecular weight is 229 g/mol. The van der Waals surface area contributed by atoms with Crippen LogP contribution in [-0.2, 0) is 12.8 Å². The summed E-state index contributed by atoms with van der Waals surface area (Å²) in [6, 6.07) is 6.23. The summed E-state index contributed by atoms with van der Waals surface area (Å²) in [6.45, 7) is 3.85. The maximum absolute atomic E-state index is 9.53. The first kappa shape index (κ1) is 12.0. The van der Waals surface area contributed by atoms with Gasteiger partial charge in [0.2, 0.25) is 0 Å². The normalized spacial score (nSPS) is 18.8. The molecular formula is C15H19NO. The molecule has 1 aromatic rings. The van der Waals surface area contributed by atoms with E-state index in [1.165, 1.54) is 11.1 Å². The van der Waals surface area contributed by atoms with Crippen molar-refractivity contribution in [1.29, 1.82) is 0 Å². The minimum absolute atomic E-state index is 0.365. The fourth-order valence-corrected chi connectivity index (χ4v) is 2.65. The Balaban J connectivity index is 2.14. The van der Waals surface area contributed by atoms with Crippen LogP contribution in [0, 0.1) is 12.3 Å². The Labute approximate surface area is 103 Å². The second kappa shape index (κ2) is 5.25. The zero-order valence-electron chi connectivity index (χ0n) is 10.3. The van der Waals surface area contributed by atoms with Crippen LogP contribution >= 0.6 is 0 Å². The van der Waals surface area contributed by atoms with Crippen LogP contribution in [-0.4, -0.2) is 29.1 Å². The van der Waals surface area contributed by atoms with Gasteiger partial charge in [0.15, 0.2) is 0 Å². The van der Waals surface area contributed by atoms with Crippen LogP contribution in [0.4, 0.5) is 0 Å². The Bertz CT molecular complexity index is 433. The number of phenolic OH excluding ortho intramolecular Hbond substituents is 1. The smallest absolute Gasteiger partial charge is 0.115 e. The lowest BCUT2D eigenvalue weighted by Gasteiger charge is -2.33. The van der Waals surface area contributed by atoms with Gasteiger partial charge < -0.3 is 5.11 Å². The Hall–Kier alpha value is -1.46. The van der Waals surface area contributed by atoms with Crippen molar-refractivity contribution in [1.82, 2.24) is 4.90 Å². The van der Waals surface area contributed by atoms with Crippen molar-refractivity contribution in [3.63, 3.8) is 0 Å². The van der Waals surface area contributed by atoms with E-state index in [0.29, 0.717) is 11.8 Å². The first-order chi connectivity index (χ1) is 8.24. The molecule has 0 unspecified atom stereocenters. The summed E-state index contributed by atoms with van der Waals surface area (Å²) in [5, 5.41) is 9.53. The van der Waals surface area contributed by atoms with Crippen LogP contribution < -0.4 is 0 Å². The van der Waals surface area contributed by atoms with E-state index >= 15 is 0 Å². The maximum Gasteiger partial charge on any atom is 0.115 e. The molecule has 0 spiro atoms. The van der Waals surface area contributed by atoms with E-state index in [2.05, 4.69) is 17.7 Å². The second-order valence-corrected chi connectivity index (χ2v) is 4.62. The van der Waals surface area contributed by atoms with Gasteiger partial charge in [0, 0.05) is 6.04 Å². The van der Waals surface area contributed by atoms with Crippen molar-refractivity contribution < 1.29 is 5.11 Å². The maximum atomic E-state index is 9.53. The molecule has 0 fully saturated rings. The van der Waals surface area contributed by atoms with Gasteiger partial charge in [-0.25, -0.2) is 0 Å². The Kier molecular flexibility index (Phi) is 3.71. The SMILES string of the molecule is C#CCN(CC)[C@H]1CCc2ccc(O)cc2C1. The van der Waals surface area contributed by atoms with Crippen LogP contribution in [0.5, 0.6) is 5.75 Å². The van der Waals surface area contributed by atoms with Crippen LogP contribution in [0.3, 0.4) is 0 Å². The first-order valence-corrected chi connectivity index (χ1v) is 6.23. The number of fused-ring (bicyclic) bond motifs is 1. The molecule has 0 saturated heterocycles. The van der Waals surface area contributed by atoms with Gasteiger partial charge in [0.05, 0.1) is 6.54 Å². The van der Waals surface area contributed by atoms with Gasteiger partial charge in [-0.1, -0.05) is 18.9 Å². The summed E-state index contributed by atoms with van der Waals surface area (Å²) in [5.41, 5.74) is 2.65. The zero-order chi connectivity index (χ0) is 12.3. The number of phenols is 1. The van der Waals surface area contributed by atoms with Crippen molar-refractivity contribution >= 4 is 0 Å². The van der Waals surface area contributed by atoms with Gasteiger partial charge >= 0.3 is 0 Å². The molecule has 17 heavy (non-hydrogen) atoms. The number of hydrogen-bond acceptors (Lipinski definition) is 2. The largest absolute Gasteiger partial charge is 0.508 e. The number of rotatable bonds is 3. The van der Waals surface area contributed by atoms with Crippen LogP contribution in [0.2, 0.25) is 0 Å². The van der Waals surface area contributed by atoms with Gasteiger partial charge in [-0.3, -0.25) is 4.90 Å². The van der Waals surface area contributed by atoms with Crippen molar-refractivity contribution in [2.45, 2.75) is 32.2 Å². The van der Waals surface area contributed by atoms with E-state index in [0.717, 1.165) is 32.4 Å². The van der Waals surface area contributed by atoms with E-state index < -0.39 is 0 Å². The Morgan fingerprint density at radius 3 is 3.00 bits per heavy atom. The standard InChI is InChI=1S/C15H19NO/c1-3-9-16(4-2)14-7-5-12-6-8-15(17)11-13(12)10-14/h1,6,8,11,14,17H,4-5,7,9-10H2,2H3/t14-/m0/s1. The third-order valence-electron chi connectivity index (χ3n) is 3.61. The topological polar surface area (TPSA) is 23.5 Å². The Morgan fingerprint density at radius 1 is 1.47 bits per heavy atom. The highest BCUT2D eigenvalue weighted by molar-refractivity contribution is 5.37. The number of benzene rings is 1. The molecule has 2 nitrogen and oxygen atoms in total. The Morgan fingerprint density at radius 2 is 2.29 bits per heavy atom. The highest BCUT2D eigenvalue weighted by Crippen LogP contribution is 2.27. The first-order valence-electron chi connectivity index (χ1n) is 6.23. The van der Waals surface area contributed by atoms with Crippen LogP contribution in [0.1, 0.15) is 24.5 Å². The third-order valence-corrected chi connectivity index (χ3v) is 3.61. The summed E-state index contributed by atoms with van der Waals surface area (Å²) in [4.78, 5) is 2.34. The highest BCUT2D eigenvalue weighted by atomic mass is 16.3. The lowest BCUT2D eigenvalue weighted by atomic mass is 9.87. The van der Waals surface area contributed by atoms with E-state index in [-0.39, 0.29) is 0 Å². The minimum Gasteiger partial charge on any atom is -0.508 e. The molecule has 2 rings (SSSR count). The van der Waals surface area contributed by atoms with Crippen molar-refractivity contribution in [2.24, 2.45) is 0 Å². The van der Waals surface area contributed by atoms with E-state index in [1.807, 2.05) is 12.1 Å². The summed E-state index contributed by atoms with van der Waals surface area (Å²) in [7, 11) is 0. The monoisotopic (exact) mass is 229 g/mol. The molecule has 0 heterocycles. The molecule has 2 heteroatoms. The molecule has 1 atom stereocenters. The summed E-state index contributed by atoms with van der Waals surface area (Å²) < 4.78 is 0. The summed E-state index contributed by atoms with van der Waals surface area (Å²) >= 11 is 0. The zero-order valence-corrected chi connectivity index (χ0v) is 10.3. The number of aromatic hydroxyl groups is 1. The van der Waals surface area contributed by atoms with Gasteiger partial charge in [0.1, 0.15) is 5.75 Å². The van der Waals surface area contributed by atoms with Gasteiger partial charge in [-0.15, -0.1) is 6.42 Å². The lowest BCUT2D eigenvalue weighted by Crippen LogP contribution is -2.39. The van der Waals surface area contributed by atoms with E-state index in [4.69, 9.17) is 6.42 Å². The molecule has 0 bridgehead atoms. The number of nitrogens with zero attached hydrogens (tertiary/aromatic N) is 1. The highest BCUT2D eigenvalue weighted by Gasteiger charge is 2.22. The number of hydrogen-bond donors (Lipinski definition) is 1. The molecule has 1 aliphatic rings. The van der Waals surface area contributed by atoms with Gasteiger partial charge in [-0.2, -0.15) is 0 Å². The van der Waals surface area contributed by atoms with Crippen molar-refractivity contribution in [2.75, 3.05) is 13.1 Å². The molecule has 0 saturated carbocycles. The molecule has 1 N–H and O–H groups in total. The molecular weight excluding hydrogens is 210 g/mol. The third kappa shape index (κ3) is 2.62. The molecule has 90 valence electrons. The summed E-state index contributed by atoms with van der Waals surface area (Å²) in [6.07, 6.45) is 8.64. The number of aryl methyl sites for hydroxylation is 1. The molecule has 0 aromatic heterocycles. The molecule has 0 aliphatic heterocycles. The predicted octanol–water partition coefficient (Wildman–Crippen LogP) is 2.20. The quantitative estimate of drug-likeness (QED) is 0.803. The minimum atomic E-state index is 0.365. The van der Waals surface area contributed by atoms with Crippen LogP contribution in [0.25, 0.3) is 0 Å². The van der Waals surface area contributed by atoms with Crippen LogP contribution in [0.15, 0.2) is 18.2 Å². The predicted molar refractivity (Wildman–Crippen MR) is 70.0 cm³/mol. The van der Waals surface area contributed by atoms with E-state index in [1.54, 1.807) is 6.07 Å².